The first kappa shape index (κ1) is 9.99. The van der Waals surface area contributed by atoms with Gasteiger partial charge >= 0.3 is 5.69 Å². The number of pyridine rings is 1. The third kappa shape index (κ3) is 2.45. The van der Waals surface area contributed by atoms with E-state index in [2.05, 4.69) is 9.84 Å². The maximum absolute atomic E-state index is 11.0. The van der Waals surface area contributed by atoms with Gasteiger partial charge in [-0.05, 0) is 17.3 Å². The molecule has 0 spiro atoms. The van der Waals surface area contributed by atoms with Crippen molar-refractivity contribution in [2.75, 3.05) is 6.61 Å². The molecule has 0 bridgehead atoms. The van der Waals surface area contributed by atoms with E-state index < -0.39 is 6.08 Å². The summed E-state index contributed by atoms with van der Waals surface area (Å²) >= 11 is 0. The summed E-state index contributed by atoms with van der Waals surface area (Å²) < 4.78 is 5.79. The van der Waals surface area contributed by atoms with Gasteiger partial charge in [-0.3, -0.25) is 0 Å². The molecule has 1 rings (SSSR count). The summed E-state index contributed by atoms with van der Waals surface area (Å²) in [6.07, 6.45) is 0.801. The van der Waals surface area contributed by atoms with Crippen LogP contribution in [-0.2, 0) is 4.74 Å². The fourth-order valence-corrected chi connectivity index (χ4v) is 0.851. The molecule has 0 atom stereocenters. The van der Waals surface area contributed by atoms with Gasteiger partial charge in [-0.15, -0.1) is 0 Å². The number of nitrogens with zero attached hydrogens (tertiary/aromatic N) is 3. The van der Waals surface area contributed by atoms with Crippen molar-refractivity contribution in [3.05, 3.63) is 30.1 Å². The van der Waals surface area contributed by atoms with Crippen molar-refractivity contribution < 1.29 is 14.5 Å². The van der Waals surface area contributed by atoms with Gasteiger partial charge in [-0.1, -0.05) is 6.92 Å². The number of rotatable bonds is 2. The van der Waals surface area contributed by atoms with Crippen LogP contribution in [0.4, 0.5) is 0 Å². The molecule has 0 aromatic carbocycles. The molecule has 0 amide bonds. The van der Waals surface area contributed by atoms with Gasteiger partial charge in [-0.2, -0.15) is 5.26 Å². The quantitative estimate of drug-likeness (QED) is 0.354. The van der Waals surface area contributed by atoms with Crippen molar-refractivity contribution in [3.8, 4) is 6.07 Å². The Labute approximate surface area is 81.5 Å². The smallest absolute Gasteiger partial charge is 0.314 e. The van der Waals surface area contributed by atoms with Gasteiger partial charge in [0.15, 0.2) is 6.07 Å². The molecule has 1 aromatic rings. The van der Waals surface area contributed by atoms with Crippen LogP contribution in [0.3, 0.4) is 0 Å². The first-order valence-corrected chi connectivity index (χ1v) is 4.07. The predicted molar refractivity (Wildman–Crippen MR) is 45.8 cm³/mol. The Balaban J connectivity index is 2.97. The minimum atomic E-state index is -0.708. The minimum absolute atomic E-state index is 0.262. The molecule has 0 radical (unpaired) electrons. The van der Waals surface area contributed by atoms with Crippen molar-refractivity contribution in [3.63, 3.8) is 0 Å². The van der Waals surface area contributed by atoms with Crippen molar-refractivity contribution in [2.24, 2.45) is 5.10 Å². The van der Waals surface area contributed by atoms with Crippen LogP contribution in [0.2, 0.25) is 0 Å². The summed E-state index contributed by atoms with van der Waals surface area (Å²) in [5.74, 6) is 0. The fourth-order valence-electron chi connectivity index (χ4n) is 0.851. The molecular weight excluding hydrogens is 182 g/mol. The molecule has 72 valence electrons. The molecule has 0 unspecified atom stereocenters. The number of nitriles is 1. The van der Waals surface area contributed by atoms with Crippen molar-refractivity contribution >= 4 is 6.08 Å². The van der Waals surface area contributed by atoms with Crippen LogP contribution in [0.1, 0.15) is 12.6 Å². The van der Waals surface area contributed by atoms with E-state index in [1.807, 2.05) is 6.07 Å². The van der Waals surface area contributed by atoms with Crippen LogP contribution in [0.5, 0.6) is 0 Å². The van der Waals surface area contributed by atoms with Crippen LogP contribution in [0.25, 0.3) is 0 Å². The molecule has 0 N–H and O–H groups in total. The lowest BCUT2D eigenvalue weighted by Gasteiger charge is -2.06. The molecule has 1 aromatic heterocycles. The largest absolute Gasteiger partial charge is 0.596 e. The van der Waals surface area contributed by atoms with Gasteiger partial charge in [-0.25, -0.2) is 0 Å². The second-order valence-corrected chi connectivity index (χ2v) is 2.34. The Hall–Kier alpha value is -2.09. The van der Waals surface area contributed by atoms with Gasteiger partial charge in [0.05, 0.1) is 0 Å². The standard InChI is InChI=1S/C9H9N3O2/c1-2-14-9(13)11-12-6-4-3-5-8(12)7-10/h3-6H,2H2,1H3. The molecule has 0 saturated carbocycles. The second kappa shape index (κ2) is 4.82. The van der Waals surface area contributed by atoms with Crippen LogP contribution in [0, 0.1) is 11.3 Å². The molecule has 1 heterocycles. The Bertz CT molecular complexity index is 382. The first-order valence-electron chi connectivity index (χ1n) is 4.07. The van der Waals surface area contributed by atoms with Crippen LogP contribution < -0.4 is 9.78 Å². The summed E-state index contributed by atoms with van der Waals surface area (Å²) in [4.78, 5) is 0. The van der Waals surface area contributed by atoms with Crippen molar-refractivity contribution in [1.29, 1.82) is 5.26 Å². The lowest BCUT2D eigenvalue weighted by Crippen LogP contribution is -2.37. The van der Waals surface area contributed by atoms with Crippen molar-refractivity contribution in [1.82, 2.24) is 0 Å². The van der Waals surface area contributed by atoms with Gasteiger partial charge in [0.25, 0.3) is 0 Å². The minimum Gasteiger partial charge on any atom is -0.596 e. The van der Waals surface area contributed by atoms with Crippen LogP contribution in [0.15, 0.2) is 29.5 Å². The van der Waals surface area contributed by atoms with E-state index in [0.717, 1.165) is 0 Å². The Morgan fingerprint density at radius 3 is 3.14 bits per heavy atom. The average molecular weight is 191 g/mol. The van der Waals surface area contributed by atoms with Crippen LogP contribution >= 0.6 is 0 Å². The Kier molecular flexibility index (Phi) is 3.44. The highest BCUT2D eigenvalue weighted by molar-refractivity contribution is 5.60. The molecule has 0 fully saturated rings. The zero-order valence-electron chi connectivity index (χ0n) is 7.67. The molecule has 0 aliphatic heterocycles. The van der Waals surface area contributed by atoms with E-state index in [1.165, 1.54) is 10.9 Å². The zero-order valence-corrected chi connectivity index (χ0v) is 7.67. The zero-order chi connectivity index (χ0) is 10.4. The lowest BCUT2D eigenvalue weighted by atomic mass is 10.4. The monoisotopic (exact) mass is 191 g/mol. The summed E-state index contributed by atoms with van der Waals surface area (Å²) in [6.45, 7) is 1.95. The Morgan fingerprint density at radius 1 is 1.71 bits per heavy atom. The van der Waals surface area contributed by atoms with E-state index in [4.69, 9.17) is 5.26 Å². The SMILES string of the molecule is CCO/C([O-])=N/[n+]1ccccc1C#N. The third-order valence-electron chi connectivity index (χ3n) is 1.41. The second-order valence-electron chi connectivity index (χ2n) is 2.34. The van der Waals surface area contributed by atoms with E-state index in [1.54, 1.807) is 25.1 Å². The normalized spacial score (nSPS) is 10.7. The lowest BCUT2D eigenvalue weighted by molar-refractivity contribution is -0.685. The maximum Gasteiger partial charge on any atom is 0.314 e. The molecule has 0 aliphatic carbocycles. The molecule has 0 saturated heterocycles. The van der Waals surface area contributed by atoms with E-state index >= 15 is 0 Å². The number of aromatic nitrogens is 1. The highest BCUT2D eigenvalue weighted by atomic mass is 16.6. The number of ether oxygens (including phenoxy) is 1. The van der Waals surface area contributed by atoms with E-state index in [0.29, 0.717) is 0 Å². The summed E-state index contributed by atoms with van der Waals surface area (Å²) in [7, 11) is 0. The number of hydrogen-bond acceptors (Lipinski definition) is 4. The van der Waals surface area contributed by atoms with Gasteiger partial charge < -0.3 is 9.84 Å². The van der Waals surface area contributed by atoms with E-state index in [9.17, 15) is 5.11 Å². The highest BCUT2D eigenvalue weighted by Crippen LogP contribution is 1.87. The van der Waals surface area contributed by atoms with E-state index in [-0.39, 0.29) is 12.3 Å². The summed E-state index contributed by atoms with van der Waals surface area (Å²) in [5, 5.41) is 23.2. The highest BCUT2D eigenvalue weighted by Gasteiger charge is 2.06. The fraction of sp³-hybridized carbons (Fsp3) is 0.222. The molecule has 0 aliphatic rings. The van der Waals surface area contributed by atoms with Crippen LogP contribution in [-0.4, -0.2) is 12.7 Å². The predicted octanol–water partition coefficient (Wildman–Crippen LogP) is -0.638. The third-order valence-corrected chi connectivity index (χ3v) is 1.41. The molecule has 5 heteroatoms. The van der Waals surface area contributed by atoms with Gasteiger partial charge in [0, 0.05) is 17.2 Å². The number of hydrogen-bond donors (Lipinski definition) is 0. The molecular formula is C9H9N3O2. The Morgan fingerprint density at radius 2 is 2.50 bits per heavy atom. The van der Waals surface area contributed by atoms with Crippen molar-refractivity contribution in [2.45, 2.75) is 6.92 Å². The molecule has 5 nitrogen and oxygen atoms in total. The average Bonchev–Trinajstić information content (AvgIpc) is 2.19. The molecule has 14 heavy (non-hydrogen) atoms. The summed E-state index contributed by atoms with van der Waals surface area (Å²) in [5.41, 5.74) is 0.278. The topological polar surface area (TPSA) is 72.3 Å². The first-order chi connectivity index (χ1) is 6.77. The van der Waals surface area contributed by atoms with Gasteiger partial charge in [0.2, 0.25) is 12.3 Å². The maximum atomic E-state index is 11.0. The summed E-state index contributed by atoms with van der Waals surface area (Å²) in [6, 6.07) is 6.82. The van der Waals surface area contributed by atoms with Gasteiger partial charge in [0.1, 0.15) is 0 Å².